The molecule has 1 aromatic carbocycles. The second kappa shape index (κ2) is 3.55. The van der Waals surface area contributed by atoms with Crippen LogP contribution in [0.4, 0.5) is 0 Å². The highest BCUT2D eigenvalue weighted by Crippen LogP contribution is 2.50. The molecule has 0 spiro atoms. The van der Waals surface area contributed by atoms with Crippen molar-refractivity contribution in [3.63, 3.8) is 0 Å². The number of fused-ring (bicyclic) bond motifs is 3. The van der Waals surface area contributed by atoms with Crippen molar-refractivity contribution in [3.05, 3.63) is 17.7 Å². The minimum absolute atomic E-state index is 0.0710. The predicted octanol–water partition coefficient (Wildman–Crippen LogP) is 1.45. The molecule has 0 unspecified atom stereocenters. The number of esters is 1. The molecule has 2 heterocycles. The molecule has 5 nitrogen and oxygen atoms in total. The molecule has 3 rings (SSSR count). The van der Waals surface area contributed by atoms with Crippen molar-refractivity contribution in [2.75, 3.05) is 14.2 Å². The quantitative estimate of drug-likeness (QED) is 0.727. The summed E-state index contributed by atoms with van der Waals surface area (Å²) in [6, 6.07) is 3.57. The van der Waals surface area contributed by atoms with E-state index in [1.54, 1.807) is 26.4 Å². The van der Waals surface area contributed by atoms with Gasteiger partial charge in [-0.2, -0.15) is 0 Å². The van der Waals surface area contributed by atoms with Gasteiger partial charge in [-0.15, -0.1) is 0 Å². The van der Waals surface area contributed by atoms with Crippen molar-refractivity contribution < 1.29 is 23.7 Å². The van der Waals surface area contributed by atoms with E-state index in [0.29, 0.717) is 23.7 Å². The highest BCUT2D eigenvalue weighted by molar-refractivity contribution is 5.75. The first-order valence-electron chi connectivity index (χ1n) is 5.35. The molecule has 1 fully saturated rings. The molecule has 0 radical (unpaired) electrons. The van der Waals surface area contributed by atoms with E-state index in [2.05, 4.69) is 0 Å². The van der Waals surface area contributed by atoms with Crippen molar-refractivity contribution in [1.82, 2.24) is 0 Å². The third-order valence-corrected chi connectivity index (χ3v) is 3.11. The minimum Gasteiger partial charge on any atom is -0.496 e. The Kier molecular flexibility index (Phi) is 2.14. The SMILES string of the molecule is COc1cc(OC)c2c(c1)O[C@H]1OC(=O)C[C@H]21. The molecule has 1 aromatic rings. The lowest BCUT2D eigenvalue weighted by Gasteiger charge is -2.10. The number of carbonyl (C=O) groups excluding carboxylic acids is 1. The van der Waals surface area contributed by atoms with Crippen molar-refractivity contribution in [3.8, 4) is 17.2 Å². The van der Waals surface area contributed by atoms with E-state index in [1.807, 2.05) is 0 Å². The Morgan fingerprint density at radius 2 is 2.06 bits per heavy atom. The van der Waals surface area contributed by atoms with Crippen LogP contribution < -0.4 is 14.2 Å². The zero-order valence-electron chi connectivity index (χ0n) is 9.56. The normalized spacial score (nSPS) is 24.7. The summed E-state index contributed by atoms with van der Waals surface area (Å²) in [4.78, 5) is 11.2. The lowest BCUT2D eigenvalue weighted by molar-refractivity contribution is -0.150. The van der Waals surface area contributed by atoms with Crippen molar-refractivity contribution in [2.45, 2.75) is 18.6 Å². The van der Waals surface area contributed by atoms with Crippen LogP contribution in [0.15, 0.2) is 12.1 Å². The average molecular weight is 236 g/mol. The maximum Gasteiger partial charge on any atom is 0.309 e. The van der Waals surface area contributed by atoms with Gasteiger partial charge in [-0.1, -0.05) is 0 Å². The van der Waals surface area contributed by atoms with E-state index >= 15 is 0 Å². The molecule has 0 aromatic heterocycles. The van der Waals surface area contributed by atoms with Crippen LogP contribution in [0, 0.1) is 0 Å². The van der Waals surface area contributed by atoms with Crippen LogP contribution in [0.25, 0.3) is 0 Å². The van der Waals surface area contributed by atoms with Gasteiger partial charge < -0.3 is 18.9 Å². The summed E-state index contributed by atoms with van der Waals surface area (Å²) in [6.07, 6.45) is -0.182. The molecule has 0 N–H and O–H groups in total. The largest absolute Gasteiger partial charge is 0.496 e. The fourth-order valence-electron chi connectivity index (χ4n) is 2.33. The predicted molar refractivity (Wildman–Crippen MR) is 57.4 cm³/mol. The summed E-state index contributed by atoms with van der Waals surface area (Å²) in [5.41, 5.74) is 0.893. The van der Waals surface area contributed by atoms with E-state index in [9.17, 15) is 4.79 Å². The van der Waals surface area contributed by atoms with Crippen molar-refractivity contribution in [1.29, 1.82) is 0 Å². The van der Waals surface area contributed by atoms with Gasteiger partial charge in [0.15, 0.2) is 0 Å². The summed E-state index contributed by atoms with van der Waals surface area (Å²) in [5, 5.41) is 0. The van der Waals surface area contributed by atoms with Crippen LogP contribution in [0.3, 0.4) is 0 Å². The zero-order valence-corrected chi connectivity index (χ0v) is 9.56. The maximum atomic E-state index is 11.2. The Balaban J connectivity index is 2.08. The molecule has 2 aliphatic rings. The van der Waals surface area contributed by atoms with E-state index < -0.39 is 6.29 Å². The third-order valence-electron chi connectivity index (χ3n) is 3.11. The number of ether oxygens (including phenoxy) is 4. The van der Waals surface area contributed by atoms with Gasteiger partial charge in [0, 0.05) is 17.7 Å². The molecule has 17 heavy (non-hydrogen) atoms. The third kappa shape index (κ3) is 1.42. The lowest BCUT2D eigenvalue weighted by atomic mass is 9.97. The molecule has 5 heteroatoms. The Labute approximate surface area is 98.2 Å². The molecule has 1 saturated heterocycles. The first kappa shape index (κ1) is 10.3. The number of hydrogen-bond acceptors (Lipinski definition) is 5. The second-order valence-electron chi connectivity index (χ2n) is 4.03. The van der Waals surface area contributed by atoms with Gasteiger partial charge in [-0.05, 0) is 0 Å². The highest BCUT2D eigenvalue weighted by Gasteiger charge is 2.46. The van der Waals surface area contributed by atoms with E-state index in [-0.39, 0.29) is 11.9 Å². The van der Waals surface area contributed by atoms with Crippen molar-refractivity contribution in [2.24, 2.45) is 0 Å². The zero-order chi connectivity index (χ0) is 12.0. The maximum absolute atomic E-state index is 11.2. The first-order valence-corrected chi connectivity index (χ1v) is 5.35. The van der Waals surface area contributed by atoms with E-state index in [0.717, 1.165) is 5.56 Å². The molecule has 90 valence electrons. The fraction of sp³-hybridized carbons (Fsp3) is 0.417. The van der Waals surface area contributed by atoms with E-state index in [1.165, 1.54) is 0 Å². The monoisotopic (exact) mass is 236 g/mol. The summed E-state index contributed by atoms with van der Waals surface area (Å²) in [5.74, 6) is 1.70. The minimum atomic E-state index is -0.515. The van der Waals surface area contributed by atoms with Gasteiger partial charge in [-0.3, -0.25) is 4.79 Å². The topological polar surface area (TPSA) is 54.0 Å². The number of hydrogen-bond donors (Lipinski definition) is 0. The molecule has 0 bridgehead atoms. The number of carbonyl (C=O) groups is 1. The van der Waals surface area contributed by atoms with Crippen molar-refractivity contribution >= 4 is 5.97 Å². The molecular formula is C12H12O5. The Hall–Kier alpha value is -1.91. The van der Waals surface area contributed by atoms with Crippen LogP contribution in [-0.2, 0) is 9.53 Å². The van der Waals surface area contributed by atoms with Gasteiger partial charge in [0.1, 0.15) is 17.2 Å². The molecule has 0 saturated carbocycles. The first-order chi connectivity index (χ1) is 8.22. The number of rotatable bonds is 2. The molecule has 0 aliphatic carbocycles. The van der Waals surface area contributed by atoms with Crippen LogP contribution in [0.1, 0.15) is 17.9 Å². The van der Waals surface area contributed by atoms with Gasteiger partial charge in [-0.25, -0.2) is 0 Å². The van der Waals surface area contributed by atoms with Gasteiger partial charge in [0.25, 0.3) is 6.29 Å². The van der Waals surface area contributed by atoms with Crippen LogP contribution in [-0.4, -0.2) is 26.5 Å². The summed E-state index contributed by atoms with van der Waals surface area (Å²) >= 11 is 0. The second-order valence-corrected chi connectivity index (χ2v) is 4.03. The molecule has 2 atom stereocenters. The Bertz CT molecular complexity index is 482. The molecular weight excluding hydrogens is 224 g/mol. The van der Waals surface area contributed by atoms with Crippen LogP contribution in [0.5, 0.6) is 17.2 Å². The Morgan fingerprint density at radius 1 is 1.24 bits per heavy atom. The lowest BCUT2D eigenvalue weighted by Crippen LogP contribution is -2.14. The molecule has 0 amide bonds. The van der Waals surface area contributed by atoms with Gasteiger partial charge >= 0.3 is 5.97 Å². The Morgan fingerprint density at radius 3 is 2.76 bits per heavy atom. The summed E-state index contributed by atoms with van der Waals surface area (Å²) in [6.45, 7) is 0. The summed E-state index contributed by atoms with van der Waals surface area (Å²) < 4.78 is 21.1. The van der Waals surface area contributed by atoms with Gasteiger partial charge in [0.05, 0.1) is 26.6 Å². The fourth-order valence-corrected chi connectivity index (χ4v) is 2.33. The highest BCUT2D eigenvalue weighted by atomic mass is 16.7. The number of methoxy groups -OCH3 is 2. The van der Waals surface area contributed by atoms with Gasteiger partial charge in [0.2, 0.25) is 0 Å². The average Bonchev–Trinajstić information content (AvgIpc) is 2.82. The number of benzene rings is 1. The summed E-state index contributed by atoms with van der Waals surface area (Å²) in [7, 11) is 3.16. The van der Waals surface area contributed by atoms with E-state index in [4.69, 9.17) is 18.9 Å². The smallest absolute Gasteiger partial charge is 0.309 e. The van der Waals surface area contributed by atoms with Crippen LogP contribution in [0.2, 0.25) is 0 Å². The standard InChI is InChI=1S/C12H12O5/c1-14-6-3-8(15-2)11-7-5-10(13)17-12(7)16-9(11)4-6/h3-4,7,12H,5H2,1-2H3/t7-,12+/m1/s1. The van der Waals surface area contributed by atoms with Crippen LogP contribution >= 0.6 is 0 Å². The molecule has 2 aliphatic heterocycles.